The number of hydrogen-bond donors (Lipinski definition) is 3. The number of pyridine rings is 2. The van der Waals surface area contributed by atoms with Crippen molar-refractivity contribution in [1.82, 2.24) is 40.4 Å². The number of halogens is 2. The van der Waals surface area contributed by atoms with Crippen LogP contribution in [0.1, 0.15) is 121 Å². The number of aromatic nitrogens is 8. The lowest BCUT2D eigenvalue weighted by Crippen LogP contribution is -2.36. The lowest BCUT2D eigenvalue weighted by molar-refractivity contribution is -0.141. The van der Waals surface area contributed by atoms with Crippen molar-refractivity contribution in [3.05, 3.63) is 145 Å². The second-order valence-electron chi connectivity index (χ2n) is 23.8. The van der Waals surface area contributed by atoms with Crippen LogP contribution in [0.5, 0.6) is 11.6 Å². The second-order valence-corrected chi connectivity index (χ2v) is 24.7. The highest BCUT2D eigenvalue weighted by Gasteiger charge is 2.31. The van der Waals surface area contributed by atoms with Gasteiger partial charge in [0, 0.05) is 47.7 Å². The maximum Gasteiger partial charge on any atom is 0.307 e. The summed E-state index contributed by atoms with van der Waals surface area (Å²) < 4.78 is 33.0. The number of aryl methyl sites for hydroxylation is 5. The molecular weight excluding hydrogens is 1220 g/mol. The lowest BCUT2D eigenvalue weighted by Gasteiger charge is -2.28. The van der Waals surface area contributed by atoms with Crippen LogP contribution < -0.4 is 14.4 Å². The maximum absolute atomic E-state index is 11.4. The number of carboxylic acids is 3. The number of nitriles is 1. The third kappa shape index (κ3) is 14.3. The van der Waals surface area contributed by atoms with Crippen molar-refractivity contribution < 1.29 is 57.5 Å². The molecule has 1 saturated heterocycles. The standard InChI is InChI=1S/C24H23N3O4.C22H21ClN4O4.C22H22ClN3O4/c1-13(2)30-21-7-6-17(9-18(21)12-25)24-26-23(27-31-24)19-10-15-4-5-16(11-22(28)29)20(15)8-14(19)3;1-12-6-13-7-15(22(28)29)8-14(13)9-17(12)19-25-21(31-26-19)16-10-18(23)20(24-11-16)27-2-4-30-5-3-27;1-11(2)29-22-18(23)8-15(10-24-22)21-25-20(26-30-21)16-7-13-4-5-14(9-19(27)28)17(13)6-12(16)3/h6-10,13,16H,4-5,11H2,1-3H3,(H,28,29);6,9-11,15H,2-5,7-8H2,1H3,(H,28,29);6-8,10-11,14H,4-5,9H2,1-3H3,(H,27,28). The molecule has 0 bridgehead atoms. The Morgan fingerprint density at radius 3 is 1.58 bits per heavy atom. The Bertz CT molecular complexity index is 4320. The number of anilines is 1. The molecular formula is C68H66Cl2N10O12. The van der Waals surface area contributed by atoms with Gasteiger partial charge >= 0.3 is 17.9 Å². The molecule has 4 aliphatic rings. The van der Waals surface area contributed by atoms with Gasteiger partial charge in [0.05, 0.1) is 65.9 Å². The number of rotatable bonds is 16. The van der Waals surface area contributed by atoms with Crippen molar-refractivity contribution in [3.63, 3.8) is 0 Å². The van der Waals surface area contributed by atoms with E-state index in [4.69, 9.17) is 61.2 Å². The molecule has 1 fully saturated rings. The third-order valence-electron chi connectivity index (χ3n) is 16.5. The number of hydrogen-bond acceptors (Lipinski definition) is 19. The van der Waals surface area contributed by atoms with E-state index < -0.39 is 17.9 Å². The summed E-state index contributed by atoms with van der Waals surface area (Å²) >= 11 is 12.7. The Kier molecular flexibility index (Phi) is 19.1. The maximum atomic E-state index is 11.4. The Morgan fingerprint density at radius 1 is 0.620 bits per heavy atom. The van der Waals surface area contributed by atoms with Crippen molar-refractivity contribution in [1.29, 1.82) is 5.26 Å². The molecule has 0 spiro atoms. The number of ether oxygens (including phenoxy) is 3. The fourth-order valence-corrected chi connectivity index (χ4v) is 12.6. The average Bonchev–Trinajstić information content (AvgIpc) is 1.83. The first-order chi connectivity index (χ1) is 44.2. The zero-order chi connectivity index (χ0) is 65.1. The molecule has 0 saturated carbocycles. The molecule has 9 aromatic rings. The molecule has 474 valence electrons. The molecule has 24 heteroatoms. The van der Waals surface area contributed by atoms with E-state index in [0.29, 0.717) is 105 Å². The first-order valence-corrected chi connectivity index (χ1v) is 31.0. The number of morpholine rings is 1. The molecule has 13 rings (SSSR count). The lowest BCUT2D eigenvalue weighted by atomic mass is 9.94. The molecule has 0 radical (unpaired) electrons. The SMILES string of the molecule is Cc1cc2c(cc1-c1noc(-c3ccc(OC(C)C)c(C#N)c3)n1)CCC2CC(=O)O.Cc1cc2c(cc1-c1noc(-c3cnc(N4CCOCC4)c(Cl)c3)n1)CC(C(=O)O)C2.Cc1cc2c(cc1-c1noc(-c3cnc(OC(C)C)c(Cl)c3)n1)CCC2CC(=O)O. The summed E-state index contributed by atoms with van der Waals surface area (Å²) in [5, 5.41) is 50.4. The van der Waals surface area contributed by atoms with Crippen LogP contribution in [0, 0.1) is 38.0 Å². The Balaban J connectivity index is 0.000000141. The van der Waals surface area contributed by atoms with Gasteiger partial charge in [-0.1, -0.05) is 56.9 Å². The van der Waals surface area contributed by atoms with Gasteiger partial charge in [0.1, 0.15) is 22.7 Å². The van der Waals surface area contributed by atoms with Crippen molar-refractivity contribution in [2.45, 2.75) is 124 Å². The molecule has 3 atom stereocenters. The van der Waals surface area contributed by atoms with Gasteiger partial charge in [-0.3, -0.25) is 14.4 Å². The Labute approximate surface area is 539 Å². The van der Waals surface area contributed by atoms with Gasteiger partial charge in [0.2, 0.25) is 23.4 Å². The summed E-state index contributed by atoms with van der Waals surface area (Å²) in [4.78, 5) is 58.1. The van der Waals surface area contributed by atoms with Crippen LogP contribution >= 0.6 is 23.2 Å². The van der Waals surface area contributed by atoms with Crippen molar-refractivity contribution in [2.75, 3.05) is 31.2 Å². The van der Waals surface area contributed by atoms with Crippen LogP contribution in [-0.2, 0) is 44.8 Å². The summed E-state index contributed by atoms with van der Waals surface area (Å²) in [6.07, 6.45) is 7.96. The Hall–Kier alpha value is -9.56. The topological polar surface area (TPSA) is 309 Å². The van der Waals surface area contributed by atoms with E-state index in [1.54, 1.807) is 42.7 Å². The van der Waals surface area contributed by atoms with Crippen LogP contribution in [0.15, 0.2) is 92.7 Å². The molecule has 1 aliphatic heterocycles. The molecule has 4 aromatic carbocycles. The molecule has 0 amide bonds. The van der Waals surface area contributed by atoms with Gasteiger partial charge in [-0.2, -0.15) is 20.2 Å². The zero-order valence-electron chi connectivity index (χ0n) is 51.6. The van der Waals surface area contributed by atoms with Gasteiger partial charge in [-0.25, -0.2) is 9.97 Å². The molecule has 3 N–H and O–H groups in total. The van der Waals surface area contributed by atoms with Crippen molar-refractivity contribution in [2.24, 2.45) is 5.92 Å². The third-order valence-corrected chi connectivity index (χ3v) is 17.1. The molecule has 92 heavy (non-hydrogen) atoms. The van der Waals surface area contributed by atoms with Crippen LogP contribution in [0.25, 0.3) is 68.5 Å². The van der Waals surface area contributed by atoms with E-state index in [1.807, 2.05) is 78.8 Å². The van der Waals surface area contributed by atoms with Crippen molar-refractivity contribution in [3.8, 4) is 86.2 Å². The fourth-order valence-electron chi connectivity index (χ4n) is 12.1. The molecule has 3 unspecified atom stereocenters. The molecule has 6 heterocycles. The minimum atomic E-state index is -0.774. The largest absolute Gasteiger partial charge is 0.490 e. The Morgan fingerprint density at radius 2 is 1.10 bits per heavy atom. The first kappa shape index (κ1) is 64.0. The normalized spacial score (nSPS) is 16.2. The van der Waals surface area contributed by atoms with E-state index in [2.05, 4.69) is 57.4 Å². The number of nitrogens with zero attached hydrogens (tertiary/aromatic N) is 10. The van der Waals surface area contributed by atoms with Crippen LogP contribution in [-0.4, -0.2) is 112 Å². The second kappa shape index (κ2) is 27.5. The highest BCUT2D eigenvalue weighted by molar-refractivity contribution is 6.33. The predicted molar refractivity (Wildman–Crippen MR) is 340 cm³/mol. The molecule has 22 nitrogen and oxygen atoms in total. The number of carbonyl (C=O) groups is 3. The highest BCUT2D eigenvalue weighted by atomic mass is 35.5. The van der Waals surface area contributed by atoms with Gasteiger partial charge in [0.15, 0.2) is 0 Å². The summed E-state index contributed by atoms with van der Waals surface area (Å²) in [5.74, 6) is 1.42. The highest BCUT2D eigenvalue weighted by Crippen LogP contribution is 2.42. The quantitative estimate of drug-likeness (QED) is 0.0809. The van der Waals surface area contributed by atoms with E-state index in [0.717, 1.165) is 111 Å². The average molecular weight is 1290 g/mol. The minimum Gasteiger partial charge on any atom is -0.490 e. The monoisotopic (exact) mass is 1280 g/mol. The van der Waals surface area contributed by atoms with E-state index in [1.165, 1.54) is 0 Å². The summed E-state index contributed by atoms with van der Waals surface area (Å²) in [6.45, 7) is 16.3. The summed E-state index contributed by atoms with van der Waals surface area (Å²) in [7, 11) is 0. The summed E-state index contributed by atoms with van der Waals surface area (Å²) in [6, 6.07) is 23.0. The van der Waals surface area contributed by atoms with Gasteiger partial charge < -0.3 is 48.0 Å². The number of aliphatic carboxylic acids is 3. The van der Waals surface area contributed by atoms with E-state index in [9.17, 15) is 24.8 Å². The van der Waals surface area contributed by atoms with Gasteiger partial charge in [-0.05, 0) is 197 Å². The van der Waals surface area contributed by atoms with Crippen molar-refractivity contribution >= 4 is 46.9 Å². The summed E-state index contributed by atoms with van der Waals surface area (Å²) in [5.41, 5.74) is 14.4. The number of benzene rings is 4. The minimum absolute atomic E-state index is 0.0336. The smallest absolute Gasteiger partial charge is 0.307 e. The van der Waals surface area contributed by atoms with E-state index in [-0.39, 0.29) is 42.8 Å². The molecule has 5 aromatic heterocycles. The number of carboxylic acid groups (broad SMARTS) is 3. The first-order valence-electron chi connectivity index (χ1n) is 30.3. The molecule has 3 aliphatic carbocycles. The zero-order valence-corrected chi connectivity index (χ0v) is 53.1. The fraction of sp³-hybridized carbons (Fsp3) is 0.353. The van der Waals surface area contributed by atoms with Gasteiger partial charge in [0.25, 0.3) is 17.7 Å². The predicted octanol–water partition coefficient (Wildman–Crippen LogP) is 13.3. The number of fused-ring (bicyclic) bond motifs is 3. The van der Waals surface area contributed by atoms with Crippen LogP contribution in [0.4, 0.5) is 5.82 Å². The van der Waals surface area contributed by atoms with E-state index >= 15 is 0 Å². The van der Waals surface area contributed by atoms with Crippen LogP contribution in [0.2, 0.25) is 10.0 Å². The van der Waals surface area contributed by atoms with Gasteiger partial charge in [-0.15, -0.1) is 0 Å². The van der Waals surface area contributed by atoms with Crippen LogP contribution in [0.3, 0.4) is 0 Å².